The van der Waals surface area contributed by atoms with Crippen LogP contribution in [0.2, 0.25) is 0 Å². The van der Waals surface area contributed by atoms with Crippen molar-refractivity contribution < 1.29 is 9.30 Å². The number of aryl methyl sites for hydroxylation is 1. The monoisotopic (exact) mass is 280 g/mol. The Morgan fingerprint density at radius 2 is 1.75 bits per heavy atom. The van der Waals surface area contributed by atoms with Gasteiger partial charge in [-0.1, -0.05) is 29.4 Å². The molecule has 0 spiro atoms. The highest BCUT2D eigenvalue weighted by atomic mass is 32.1. The van der Waals surface area contributed by atoms with E-state index in [4.69, 9.17) is 4.74 Å². The number of aromatic nitrogens is 1. The van der Waals surface area contributed by atoms with Gasteiger partial charge >= 0.3 is 5.01 Å². The molecule has 3 aromatic rings. The minimum Gasteiger partial charge on any atom is -0.497 e. The summed E-state index contributed by atoms with van der Waals surface area (Å²) in [5, 5.41) is 1.06. The number of nitrogens with zero attached hydrogens (tertiary/aromatic N) is 1. The highest BCUT2D eigenvalue weighted by molar-refractivity contribution is 7.18. The molecule has 0 bridgehead atoms. The summed E-state index contributed by atoms with van der Waals surface area (Å²) >= 11 is 1.72. The van der Waals surface area contributed by atoms with Crippen LogP contribution in [0.15, 0.2) is 48.5 Å². The molecule has 0 saturated heterocycles. The van der Waals surface area contributed by atoms with E-state index in [0.29, 0.717) is 0 Å². The van der Waals surface area contributed by atoms with Crippen LogP contribution in [0.25, 0.3) is 10.2 Å². The van der Waals surface area contributed by atoms with Crippen LogP contribution in [-0.2, 0) is 7.05 Å². The van der Waals surface area contributed by atoms with Crippen molar-refractivity contribution in [3.05, 3.63) is 59.1 Å². The van der Waals surface area contributed by atoms with E-state index in [-0.39, 0.29) is 0 Å². The summed E-state index contributed by atoms with van der Waals surface area (Å²) in [6, 6.07) is 16.1. The van der Waals surface area contributed by atoms with Crippen LogP contribution in [0.3, 0.4) is 0 Å². The molecule has 0 amide bonds. The van der Waals surface area contributed by atoms with E-state index in [2.05, 4.69) is 47.7 Å². The highest BCUT2D eigenvalue weighted by Crippen LogP contribution is 2.18. The number of para-hydroxylation sites is 1. The zero-order valence-corrected chi connectivity index (χ0v) is 12.2. The molecule has 0 aliphatic heterocycles. The van der Waals surface area contributed by atoms with Gasteiger partial charge in [0.25, 0.3) is 0 Å². The molecule has 3 rings (SSSR count). The number of benzene rings is 2. The normalized spacial score (nSPS) is 10.1. The maximum absolute atomic E-state index is 5.14. The third-order valence-corrected chi connectivity index (χ3v) is 4.28. The van der Waals surface area contributed by atoms with Crippen LogP contribution < -0.4 is 9.30 Å². The van der Waals surface area contributed by atoms with E-state index < -0.39 is 0 Å². The van der Waals surface area contributed by atoms with Gasteiger partial charge in [0.2, 0.25) is 5.52 Å². The van der Waals surface area contributed by atoms with Crippen molar-refractivity contribution in [1.29, 1.82) is 0 Å². The standard InChI is InChI=1S/C17H14NOS/c1-18-15-5-3-4-6-16(15)20-17(18)12-9-13-7-10-14(19-2)11-8-13/h3-8,10-11H,1-2H3/q+1. The molecular formula is C17H14NOS+. The van der Waals surface area contributed by atoms with Gasteiger partial charge in [0.15, 0.2) is 0 Å². The van der Waals surface area contributed by atoms with Gasteiger partial charge in [-0.15, -0.1) is 0 Å². The fourth-order valence-electron chi connectivity index (χ4n) is 2.01. The molecule has 0 unspecified atom stereocenters. The highest BCUT2D eigenvalue weighted by Gasteiger charge is 2.13. The van der Waals surface area contributed by atoms with Crippen LogP contribution in [0.5, 0.6) is 5.75 Å². The molecule has 0 radical (unpaired) electrons. The first-order valence-electron chi connectivity index (χ1n) is 6.31. The molecule has 0 fully saturated rings. The quantitative estimate of drug-likeness (QED) is 0.493. The van der Waals surface area contributed by atoms with Crippen molar-refractivity contribution in [2.75, 3.05) is 7.11 Å². The van der Waals surface area contributed by atoms with Crippen LogP contribution in [0.4, 0.5) is 0 Å². The average molecular weight is 280 g/mol. The van der Waals surface area contributed by atoms with Crippen LogP contribution >= 0.6 is 11.3 Å². The molecule has 0 N–H and O–H groups in total. The molecule has 3 heteroatoms. The number of ether oxygens (including phenoxy) is 1. The van der Waals surface area contributed by atoms with E-state index in [1.54, 1.807) is 18.4 Å². The van der Waals surface area contributed by atoms with Gasteiger partial charge in [-0.2, -0.15) is 4.57 Å². The van der Waals surface area contributed by atoms with E-state index >= 15 is 0 Å². The number of fused-ring (bicyclic) bond motifs is 1. The van der Waals surface area contributed by atoms with Crippen LogP contribution in [0.1, 0.15) is 10.6 Å². The SMILES string of the molecule is COc1ccc(C#Cc2sc3ccccc3[n+]2C)cc1. The zero-order valence-electron chi connectivity index (χ0n) is 11.4. The van der Waals surface area contributed by atoms with Crippen molar-refractivity contribution in [3.8, 4) is 17.6 Å². The second-order valence-electron chi connectivity index (χ2n) is 4.41. The summed E-state index contributed by atoms with van der Waals surface area (Å²) in [5.74, 6) is 7.29. The van der Waals surface area contributed by atoms with E-state index in [0.717, 1.165) is 16.3 Å². The summed E-state index contributed by atoms with van der Waals surface area (Å²) in [5.41, 5.74) is 2.21. The Morgan fingerprint density at radius 3 is 2.45 bits per heavy atom. The fraction of sp³-hybridized carbons (Fsp3) is 0.118. The van der Waals surface area contributed by atoms with Gasteiger partial charge in [-0.25, -0.2) is 0 Å². The minimum absolute atomic E-state index is 0.850. The Kier molecular flexibility index (Phi) is 3.41. The third kappa shape index (κ3) is 2.38. The van der Waals surface area contributed by atoms with Gasteiger partial charge in [-0.3, -0.25) is 0 Å². The van der Waals surface area contributed by atoms with Crippen molar-refractivity contribution in [2.45, 2.75) is 0 Å². The number of rotatable bonds is 1. The molecule has 20 heavy (non-hydrogen) atoms. The summed E-state index contributed by atoms with van der Waals surface area (Å²) in [4.78, 5) is 0. The molecular weight excluding hydrogens is 266 g/mol. The topological polar surface area (TPSA) is 13.1 Å². The third-order valence-electron chi connectivity index (χ3n) is 3.14. The lowest BCUT2D eigenvalue weighted by molar-refractivity contribution is -0.642. The van der Waals surface area contributed by atoms with Crippen molar-refractivity contribution in [2.24, 2.45) is 7.05 Å². The maximum Gasteiger partial charge on any atom is 0.315 e. The molecule has 98 valence electrons. The largest absolute Gasteiger partial charge is 0.497 e. The van der Waals surface area contributed by atoms with Crippen molar-refractivity contribution in [1.82, 2.24) is 0 Å². The van der Waals surface area contributed by atoms with Crippen molar-refractivity contribution in [3.63, 3.8) is 0 Å². The lowest BCUT2D eigenvalue weighted by atomic mass is 10.2. The van der Waals surface area contributed by atoms with Gasteiger partial charge in [0.1, 0.15) is 17.5 Å². The summed E-state index contributed by atoms with van der Waals surface area (Å²) < 4.78 is 8.53. The molecule has 0 saturated carbocycles. The summed E-state index contributed by atoms with van der Waals surface area (Å²) in [7, 11) is 3.72. The molecule has 1 aromatic heterocycles. The predicted octanol–water partition coefficient (Wildman–Crippen LogP) is 3.13. The zero-order chi connectivity index (χ0) is 13.9. The molecule has 0 aliphatic carbocycles. The Balaban J connectivity index is 1.96. The Labute approximate surface area is 122 Å². The number of hydrogen-bond donors (Lipinski definition) is 0. The second-order valence-corrected chi connectivity index (χ2v) is 5.44. The van der Waals surface area contributed by atoms with E-state index in [9.17, 15) is 0 Å². The molecule has 1 heterocycles. The molecule has 2 nitrogen and oxygen atoms in total. The lowest BCUT2D eigenvalue weighted by Gasteiger charge is -1.97. The minimum atomic E-state index is 0.850. The molecule has 0 aliphatic rings. The van der Waals surface area contributed by atoms with Crippen molar-refractivity contribution >= 4 is 21.6 Å². The fourth-order valence-corrected chi connectivity index (χ4v) is 3.01. The smallest absolute Gasteiger partial charge is 0.315 e. The van der Waals surface area contributed by atoms with E-state index in [1.165, 1.54) is 10.2 Å². The molecule has 2 aromatic carbocycles. The molecule has 0 atom stereocenters. The maximum atomic E-state index is 5.14. The Hall–Kier alpha value is -2.31. The van der Waals surface area contributed by atoms with Gasteiger partial charge in [0, 0.05) is 17.6 Å². The predicted molar refractivity (Wildman–Crippen MR) is 82.0 cm³/mol. The van der Waals surface area contributed by atoms with E-state index in [1.807, 2.05) is 24.3 Å². The van der Waals surface area contributed by atoms with Gasteiger partial charge in [-0.05, 0) is 30.3 Å². The Bertz CT molecular complexity index is 806. The van der Waals surface area contributed by atoms with Gasteiger partial charge in [0.05, 0.1) is 7.11 Å². The average Bonchev–Trinajstić information content (AvgIpc) is 2.83. The first-order valence-corrected chi connectivity index (χ1v) is 7.13. The van der Waals surface area contributed by atoms with Crippen LogP contribution in [-0.4, -0.2) is 7.11 Å². The summed E-state index contributed by atoms with van der Waals surface area (Å²) in [6.07, 6.45) is 0. The first-order chi connectivity index (χ1) is 9.78. The number of methoxy groups -OCH3 is 1. The Morgan fingerprint density at radius 1 is 1.00 bits per heavy atom. The second kappa shape index (κ2) is 5.36. The number of thiazole rings is 1. The van der Waals surface area contributed by atoms with Gasteiger partial charge < -0.3 is 4.74 Å². The van der Waals surface area contributed by atoms with Crippen LogP contribution in [0, 0.1) is 11.8 Å². The lowest BCUT2D eigenvalue weighted by Crippen LogP contribution is -2.29. The number of hydrogen-bond acceptors (Lipinski definition) is 2. The summed E-state index contributed by atoms with van der Waals surface area (Å²) in [6.45, 7) is 0. The first kappa shape index (κ1) is 12.7.